The number of fused-ring (bicyclic) bond motifs is 1. The van der Waals surface area contributed by atoms with Crippen LogP contribution in [-0.2, 0) is 16.0 Å². The third-order valence-corrected chi connectivity index (χ3v) is 4.96. The third-order valence-electron chi connectivity index (χ3n) is 4.96. The van der Waals surface area contributed by atoms with Gasteiger partial charge in [0.15, 0.2) is 0 Å². The molecule has 1 N–H and O–H groups in total. The van der Waals surface area contributed by atoms with Crippen LogP contribution in [0.3, 0.4) is 0 Å². The van der Waals surface area contributed by atoms with Crippen LogP contribution in [0.2, 0.25) is 0 Å². The zero-order valence-electron chi connectivity index (χ0n) is 16.5. The van der Waals surface area contributed by atoms with Crippen LogP contribution in [-0.4, -0.2) is 41.4 Å². The quantitative estimate of drug-likeness (QED) is 0.654. The third kappa shape index (κ3) is 3.75. The summed E-state index contributed by atoms with van der Waals surface area (Å²) in [4.78, 5) is 40.6. The molecule has 1 aromatic rings. The normalized spacial score (nSPS) is 19.0. The van der Waals surface area contributed by atoms with Gasteiger partial charge in [0.1, 0.15) is 5.57 Å². The molecule has 0 atom stereocenters. The lowest BCUT2D eigenvalue weighted by molar-refractivity contribution is -0.133. The first-order valence-electron chi connectivity index (χ1n) is 9.52. The number of amides is 4. The predicted octanol–water partition coefficient (Wildman–Crippen LogP) is 3.11. The number of urea groups is 1. The Morgan fingerprint density at radius 2 is 1.93 bits per heavy atom. The maximum absolute atomic E-state index is 12.8. The van der Waals surface area contributed by atoms with E-state index in [1.807, 2.05) is 12.1 Å². The molecule has 1 fully saturated rings. The first-order chi connectivity index (χ1) is 12.7. The number of carbonyl (C=O) groups is 3. The second-order valence-corrected chi connectivity index (χ2v) is 8.11. The molecule has 1 saturated heterocycles. The lowest BCUT2D eigenvalue weighted by Crippen LogP contribution is -2.60. The van der Waals surface area contributed by atoms with Gasteiger partial charge < -0.3 is 4.90 Å². The van der Waals surface area contributed by atoms with Crippen molar-refractivity contribution in [1.82, 2.24) is 10.2 Å². The van der Waals surface area contributed by atoms with Crippen LogP contribution in [0.25, 0.3) is 6.08 Å². The predicted molar refractivity (Wildman–Crippen MR) is 105 cm³/mol. The summed E-state index contributed by atoms with van der Waals surface area (Å²) in [5.74, 6) is -1.20. The van der Waals surface area contributed by atoms with Gasteiger partial charge >= 0.3 is 6.03 Å². The molecule has 2 aliphatic rings. The Kier molecular flexibility index (Phi) is 5.09. The smallest absolute Gasteiger partial charge is 0.331 e. The van der Waals surface area contributed by atoms with E-state index in [0.29, 0.717) is 0 Å². The van der Waals surface area contributed by atoms with Crippen molar-refractivity contribution in [2.45, 2.75) is 52.5 Å². The largest absolute Gasteiger partial charge is 0.371 e. The minimum absolute atomic E-state index is 0.00897. The van der Waals surface area contributed by atoms with Crippen LogP contribution >= 0.6 is 0 Å². The minimum Gasteiger partial charge on any atom is -0.371 e. The molecule has 4 amide bonds. The molecule has 27 heavy (non-hydrogen) atoms. The summed E-state index contributed by atoms with van der Waals surface area (Å²) >= 11 is 0. The van der Waals surface area contributed by atoms with Crippen molar-refractivity contribution in [3.05, 3.63) is 34.9 Å². The molecule has 0 aromatic heterocycles. The van der Waals surface area contributed by atoms with E-state index >= 15 is 0 Å². The summed E-state index contributed by atoms with van der Waals surface area (Å²) in [6, 6.07) is 5.35. The zero-order chi connectivity index (χ0) is 19.8. The Morgan fingerprint density at radius 1 is 1.19 bits per heavy atom. The van der Waals surface area contributed by atoms with Gasteiger partial charge in [-0.25, -0.2) is 4.79 Å². The summed E-state index contributed by atoms with van der Waals surface area (Å²) in [6.45, 7) is 9.52. The highest BCUT2D eigenvalue weighted by Crippen LogP contribution is 2.30. The first kappa shape index (κ1) is 19.1. The number of carbonyl (C=O) groups excluding carboxylic acids is 3. The van der Waals surface area contributed by atoms with E-state index in [2.05, 4.69) is 23.2 Å². The van der Waals surface area contributed by atoms with Crippen LogP contribution < -0.4 is 10.2 Å². The van der Waals surface area contributed by atoms with E-state index in [9.17, 15) is 14.4 Å². The molecule has 6 heteroatoms. The molecular formula is C21H27N3O3. The summed E-state index contributed by atoms with van der Waals surface area (Å²) in [7, 11) is 0. The molecule has 6 nitrogen and oxygen atoms in total. The van der Waals surface area contributed by atoms with Crippen molar-refractivity contribution in [3.8, 4) is 0 Å². The van der Waals surface area contributed by atoms with Crippen molar-refractivity contribution in [3.63, 3.8) is 0 Å². The number of nitrogens with zero attached hydrogens (tertiary/aromatic N) is 2. The summed E-state index contributed by atoms with van der Waals surface area (Å²) < 4.78 is 0. The number of hydrogen-bond donors (Lipinski definition) is 1. The number of hydrogen-bond acceptors (Lipinski definition) is 4. The standard InChI is InChI=1S/C21H27N3O3/c1-5-6-10-23-11-9-15-12-14(7-8-17(15)23)13-16-18(25)22-20(27)24(19(16)26)21(2,3)4/h7-8,12-13H,5-6,9-11H2,1-4H3,(H,22,25,27)/b16-13+. The summed E-state index contributed by atoms with van der Waals surface area (Å²) in [6.07, 6.45) is 4.87. The number of nitrogens with one attached hydrogen (secondary N) is 1. The second-order valence-electron chi connectivity index (χ2n) is 8.11. The molecule has 0 bridgehead atoms. The van der Waals surface area contributed by atoms with Crippen LogP contribution in [0, 0.1) is 0 Å². The Bertz CT molecular complexity index is 820. The topological polar surface area (TPSA) is 69.7 Å². The number of rotatable bonds is 4. The Hall–Kier alpha value is -2.63. The summed E-state index contributed by atoms with van der Waals surface area (Å²) in [5.41, 5.74) is 2.54. The molecule has 0 aliphatic carbocycles. The first-order valence-corrected chi connectivity index (χ1v) is 9.52. The average molecular weight is 369 g/mol. The van der Waals surface area contributed by atoms with E-state index in [4.69, 9.17) is 0 Å². The van der Waals surface area contributed by atoms with Gasteiger partial charge in [0, 0.05) is 24.3 Å². The van der Waals surface area contributed by atoms with Gasteiger partial charge in [0.2, 0.25) is 0 Å². The molecule has 1 aromatic carbocycles. The average Bonchev–Trinajstić information content (AvgIpc) is 2.97. The molecular weight excluding hydrogens is 342 g/mol. The van der Waals surface area contributed by atoms with Crippen molar-refractivity contribution in [2.24, 2.45) is 0 Å². The van der Waals surface area contributed by atoms with E-state index < -0.39 is 23.4 Å². The molecule has 144 valence electrons. The van der Waals surface area contributed by atoms with Gasteiger partial charge in [-0.3, -0.25) is 19.8 Å². The lowest BCUT2D eigenvalue weighted by atomic mass is 10.00. The second kappa shape index (κ2) is 7.18. The Morgan fingerprint density at radius 3 is 2.59 bits per heavy atom. The van der Waals surface area contributed by atoms with Gasteiger partial charge in [-0.05, 0) is 62.9 Å². The van der Waals surface area contributed by atoms with Crippen LogP contribution in [0.15, 0.2) is 23.8 Å². The fourth-order valence-electron chi connectivity index (χ4n) is 3.59. The van der Waals surface area contributed by atoms with E-state index in [0.717, 1.165) is 42.8 Å². The maximum atomic E-state index is 12.8. The number of benzene rings is 1. The highest BCUT2D eigenvalue weighted by Gasteiger charge is 2.41. The fraction of sp³-hybridized carbons (Fsp3) is 0.476. The van der Waals surface area contributed by atoms with Crippen LogP contribution in [0.4, 0.5) is 10.5 Å². The van der Waals surface area contributed by atoms with Gasteiger partial charge in [-0.1, -0.05) is 19.4 Å². The van der Waals surface area contributed by atoms with E-state index in [1.54, 1.807) is 26.8 Å². The van der Waals surface area contributed by atoms with Crippen LogP contribution in [0.1, 0.15) is 51.7 Å². The fourth-order valence-corrected chi connectivity index (χ4v) is 3.59. The Balaban J connectivity index is 1.89. The number of anilines is 1. The van der Waals surface area contributed by atoms with Crippen molar-refractivity contribution < 1.29 is 14.4 Å². The van der Waals surface area contributed by atoms with Gasteiger partial charge in [0.05, 0.1) is 0 Å². The van der Waals surface area contributed by atoms with Gasteiger partial charge in [-0.2, -0.15) is 0 Å². The number of barbiturate groups is 1. The molecule has 0 unspecified atom stereocenters. The number of unbranched alkanes of at least 4 members (excludes halogenated alkanes) is 1. The Labute approximate surface area is 160 Å². The van der Waals surface area contributed by atoms with Gasteiger partial charge in [0.25, 0.3) is 11.8 Å². The maximum Gasteiger partial charge on any atom is 0.331 e. The SMILES string of the molecule is CCCCN1CCc2cc(/C=C3\C(=O)NC(=O)N(C(C)(C)C)C3=O)ccc21. The van der Waals surface area contributed by atoms with Crippen molar-refractivity contribution in [2.75, 3.05) is 18.0 Å². The van der Waals surface area contributed by atoms with E-state index in [1.165, 1.54) is 11.3 Å². The molecule has 0 radical (unpaired) electrons. The van der Waals surface area contributed by atoms with Gasteiger partial charge in [-0.15, -0.1) is 0 Å². The molecule has 3 rings (SSSR count). The molecule has 2 heterocycles. The number of imide groups is 2. The van der Waals surface area contributed by atoms with Crippen molar-refractivity contribution >= 4 is 29.6 Å². The van der Waals surface area contributed by atoms with Crippen LogP contribution in [0.5, 0.6) is 0 Å². The molecule has 0 saturated carbocycles. The molecule has 2 aliphatic heterocycles. The zero-order valence-corrected chi connectivity index (χ0v) is 16.5. The monoisotopic (exact) mass is 369 g/mol. The van der Waals surface area contributed by atoms with Crippen molar-refractivity contribution in [1.29, 1.82) is 0 Å². The highest BCUT2D eigenvalue weighted by atomic mass is 16.2. The minimum atomic E-state index is -0.710. The lowest BCUT2D eigenvalue weighted by Gasteiger charge is -2.36. The summed E-state index contributed by atoms with van der Waals surface area (Å²) in [5, 5.41) is 2.27. The molecule has 0 spiro atoms. The van der Waals surface area contributed by atoms with E-state index in [-0.39, 0.29) is 5.57 Å². The highest BCUT2D eigenvalue weighted by molar-refractivity contribution is 6.31.